The van der Waals surface area contributed by atoms with Crippen molar-refractivity contribution in [3.05, 3.63) is 166 Å². The minimum absolute atomic E-state index is 0.0325. The summed E-state index contributed by atoms with van der Waals surface area (Å²) in [5, 5.41) is 13.4. The number of nitrogens with one attached hydrogen (secondary N) is 5. The molecule has 0 radical (unpaired) electrons. The lowest BCUT2D eigenvalue weighted by atomic mass is 10.2. The van der Waals surface area contributed by atoms with E-state index in [4.69, 9.17) is 28.2 Å². The molecule has 1 fully saturated rings. The average Bonchev–Trinajstić information content (AvgIpc) is 3.85. The molecular weight excluding hydrogens is 977 g/mol. The zero-order valence-corrected chi connectivity index (χ0v) is 42.0. The smallest absolute Gasteiger partial charge is 0.351 e. The first-order valence-electron chi connectivity index (χ1n) is 22.5. The van der Waals surface area contributed by atoms with Crippen LogP contribution in [0.5, 0.6) is 0 Å². The van der Waals surface area contributed by atoms with Gasteiger partial charge in [0.2, 0.25) is 0 Å². The fraction of sp³-hybridized carbons (Fsp3) is 0.333. The van der Waals surface area contributed by atoms with Crippen molar-refractivity contribution < 1.29 is 56.5 Å². The van der Waals surface area contributed by atoms with Gasteiger partial charge in [-0.05, 0) is 56.0 Å². The first-order valence-corrected chi connectivity index (χ1v) is 26.9. The second kappa shape index (κ2) is 26.5. The summed E-state index contributed by atoms with van der Waals surface area (Å²) >= 11 is 1.23. The Morgan fingerprint density at radius 3 is 1.34 bits per heavy atom. The summed E-state index contributed by atoms with van der Waals surface area (Å²) in [5.74, 6) is -2.92. The van der Waals surface area contributed by atoms with Crippen LogP contribution < -0.4 is 31.1 Å². The van der Waals surface area contributed by atoms with E-state index in [2.05, 4.69) is 30.4 Å². The highest BCUT2D eigenvalue weighted by atomic mass is 32.2. The molecule has 1 aromatic heterocycles. The molecule has 1 saturated heterocycles. The van der Waals surface area contributed by atoms with Crippen LogP contribution in [0.1, 0.15) is 56.2 Å². The van der Waals surface area contributed by atoms with Gasteiger partial charge in [0.05, 0.1) is 6.61 Å². The summed E-state index contributed by atoms with van der Waals surface area (Å²) in [7, 11) is -8.49. The normalized spacial score (nSPS) is 16.5. The monoisotopic (exact) mass is 1030 g/mol. The first kappa shape index (κ1) is 54.3. The number of ether oxygens (including phenoxy) is 5. The molecule has 0 saturated carbocycles. The van der Waals surface area contributed by atoms with E-state index >= 15 is 0 Å². The van der Waals surface area contributed by atoms with Crippen LogP contribution in [0.25, 0.3) is 0 Å². The molecule has 5 N–H and O–H groups in total. The molecule has 0 amide bonds. The molecule has 0 bridgehead atoms. The maximum atomic E-state index is 14.6. The lowest BCUT2D eigenvalue weighted by Crippen LogP contribution is -2.44. The average molecular weight is 1030 g/mol. The predicted molar refractivity (Wildman–Crippen MR) is 265 cm³/mol. The van der Waals surface area contributed by atoms with Crippen LogP contribution in [0.4, 0.5) is 5.82 Å². The summed E-state index contributed by atoms with van der Waals surface area (Å²) in [6.45, 7) is 5.24. The number of rotatable bonds is 26. The summed E-state index contributed by atoms with van der Waals surface area (Å²) in [4.78, 5) is 69.9. The standard InChI is InChI=1S/C48H57N7O13P2S/c1-33(44(56)63-27-37-17-9-5-10-18-37)50-69(61,51-34(2)45(57)64-28-38-19-11-6-12-20-38)54-41-25-26-55(48(60)49-41)42-32-71-43(68-42)31-67-70(62,52-35(3)46(58)65-29-39-21-13-7-14-22-39)53-36(4)47(59)66-30-40-23-15-8-16-24-40/h5-26,33-36,42-43H,27-32H2,1-4H3,(H2,52,53,62)(H3,49,50,51,54,60,61)/t33-,34-,35-,36-,42-,43+/m0/s1. The fourth-order valence-electron chi connectivity index (χ4n) is 6.59. The molecule has 0 spiro atoms. The van der Waals surface area contributed by atoms with Crippen molar-refractivity contribution in [2.24, 2.45) is 0 Å². The third kappa shape index (κ3) is 17.4. The highest BCUT2D eigenvalue weighted by molar-refractivity contribution is 8.00. The number of anilines is 1. The Labute approximate surface area is 415 Å². The Hall–Kier alpha value is -5.99. The summed E-state index contributed by atoms with van der Waals surface area (Å²) in [5.41, 5.74) is 1.33. The van der Waals surface area contributed by atoms with E-state index in [9.17, 15) is 33.1 Å². The molecule has 0 unspecified atom stereocenters. The van der Waals surface area contributed by atoms with E-state index in [0.717, 1.165) is 22.3 Å². The van der Waals surface area contributed by atoms with Crippen molar-refractivity contribution in [1.82, 2.24) is 29.9 Å². The summed E-state index contributed by atoms with van der Waals surface area (Å²) < 4.78 is 63.9. The number of benzene rings is 4. The maximum absolute atomic E-state index is 14.6. The molecule has 1 aliphatic heterocycles. The quantitative estimate of drug-likeness (QED) is 0.0229. The van der Waals surface area contributed by atoms with Gasteiger partial charge in [-0.2, -0.15) is 4.98 Å². The minimum Gasteiger partial charge on any atom is -0.460 e. The number of esters is 4. The van der Waals surface area contributed by atoms with E-state index in [1.807, 2.05) is 24.3 Å². The van der Waals surface area contributed by atoms with Crippen LogP contribution in [0.2, 0.25) is 0 Å². The Morgan fingerprint density at radius 1 is 0.606 bits per heavy atom. The maximum Gasteiger partial charge on any atom is 0.351 e. The number of carbonyl (C=O) groups is 4. The van der Waals surface area contributed by atoms with Gasteiger partial charge in [0, 0.05) is 11.9 Å². The SMILES string of the molecule is C[C@H](NP(=O)(Nc1ccn([C@@H]2CS[C@H](COP(=O)(N[C@@H](C)C(=O)OCc3ccccc3)N[C@@H](C)C(=O)OCc3ccccc3)O2)c(=O)n1)N[C@@H](C)C(=O)OCc1ccccc1)C(=O)OCc1ccccc1. The van der Waals surface area contributed by atoms with Gasteiger partial charge < -0.3 is 28.2 Å². The second-order valence-corrected chi connectivity index (χ2v) is 21.2. The van der Waals surface area contributed by atoms with E-state index in [0.29, 0.717) is 0 Å². The number of carbonyl (C=O) groups excluding carboxylic acids is 4. The van der Waals surface area contributed by atoms with Gasteiger partial charge in [0.15, 0.2) is 0 Å². The number of hydrogen-bond donors (Lipinski definition) is 5. The molecule has 23 heteroatoms. The fourth-order valence-corrected chi connectivity index (χ4v) is 11.4. The van der Waals surface area contributed by atoms with E-state index < -0.39 is 80.7 Å². The molecule has 0 aliphatic carbocycles. The molecule has 5 aromatic rings. The van der Waals surface area contributed by atoms with Crippen molar-refractivity contribution in [3.8, 4) is 0 Å². The van der Waals surface area contributed by atoms with Gasteiger partial charge in [0.25, 0.3) is 0 Å². The van der Waals surface area contributed by atoms with Crippen LogP contribution >= 0.6 is 27.0 Å². The summed E-state index contributed by atoms with van der Waals surface area (Å²) in [6, 6.07) is 32.6. The van der Waals surface area contributed by atoms with Gasteiger partial charge in [-0.1, -0.05) is 121 Å². The van der Waals surface area contributed by atoms with Crippen molar-refractivity contribution in [2.75, 3.05) is 17.4 Å². The molecule has 6 atom stereocenters. The van der Waals surface area contributed by atoms with Crippen molar-refractivity contribution in [2.45, 2.75) is 90.0 Å². The lowest BCUT2D eigenvalue weighted by molar-refractivity contribution is -0.147. The third-order valence-corrected chi connectivity index (χ3v) is 15.4. The molecule has 71 heavy (non-hydrogen) atoms. The van der Waals surface area contributed by atoms with E-state index in [1.54, 1.807) is 97.1 Å². The van der Waals surface area contributed by atoms with E-state index in [-0.39, 0.29) is 44.6 Å². The van der Waals surface area contributed by atoms with Gasteiger partial charge in [0.1, 0.15) is 68.1 Å². The molecule has 378 valence electrons. The van der Waals surface area contributed by atoms with Crippen molar-refractivity contribution >= 4 is 56.7 Å². The van der Waals surface area contributed by atoms with Crippen LogP contribution in [-0.2, 0) is 82.9 Å². The molecule has 4 aromatic carbocycles. The number of thioether (sulfide) groups is 1. The Bertz CT molecular complexity index is 2560. The molecule has 20 nitrogen and oxygen atoms in total. The zero-order valence-electron chi connectivity index (χ0n) is 39.4. The highest BCUT2D eigenvalue weighted by Crippen LogP contribution is 2.42. The van der Waals surface area contributed by atoms with Gasteiger partial charge in [-0.25, -0.2) is 25.1 Å². The second-order valence-electron chi connectivity index (χ2n) is 16.2. The first-order chi connectivity index (χ1) is 34.1. The number of nitrogens with zero attached hydrogens (tertiary/aromatic N) is 2. The van der Waals surface area contributed by atoms with Gasteiger partial charge in [-0.3, -0.25) is 38.0 Å². The van der Waals surface area contributed by atoms with Crippen LogP contribution in [0.15, 0.2) is 138 Å². The van der Waals surface area contributed by atoms with Crippen molar-refractivity contribution in [1.29, 1.82) is 0 Å². The van der Waals surface area contributed by atoms with Crippen molar-refractivity contribution in [3.63, 3.8) is 0 Å². The van der Waals surface area contributed by atoms with Crippen LogP contribution in [-0.4, -0.2) is 75.4 Å². The van der Waals surface area contributed by atoms with Crippen LogP contribution in [0, 0.1) is 0 Å². The topological polar surface area (TPSA) is 253 Å². The highest BCUT2D eigenvalue weighted by Gasteiger charge is 2.37. The lowest BCUT2D eigenvalue weighted by Gasteiger charge is -2.27. The zero-order chi connectivity index (χ0) is 50.8. The largest absolute Gasteiger partial charge is 0.460 e. The van der Waals surface area contributed by atoms with Gasteiger partial charge >= 0.3 is 44.8 Å². The van der Waals surface area contributed by atoms with E-state index in [1.165, 1.54) is 56.3 Å². The summed E-state index contributed by atoms with van der Waals surface area (Å²) in [6.07, 6.45) is 0.453. The van der Waals surface area contributed by atoms with Gasteiger partial charge in [-0.15, -0.1) is 11.8 Å². The molecular formula is C48H57N7O13P2S. The third-order valence-electron chi connectivity index (χ3n) is 10.3. The number of hydrogen-bond acceptors (Lipinski definition) is 15. The Balaban J connectivity index is 1.10. The molecule has 6 rings (SSSR count). The molecule has 1 aliphatic rings. The predicted octanol–water partition coefficient (Wildman–Crippen LogP) is 6.36. The molecule has 2 heterocycles. The Morgan fingerprint density at radius 2 is 0.972 bits per heavy atom. The number of aromatic nitrogens is 2. The Kier molecular flexibility index (Phi) is 20.2. The minimum atomic E-state index is -4.26. The van der Waals surface area contributed by atoms with Crippen LogP contribution in [0.3, 0.4) is 0 Å².